The third kappa shape index (κ3) is 27.6. The number of amides is 2. The Balaban J connectivity index is 3.32. The molecule has 0 unspecified atom stereocenters. The van der Waals surface area contributed by atoms with E-state index in [4.69, 9.17) is 39.5 Å². The van der Waals surface area contributed by atoms with Crippen LogP contribution in [0.5, 0.6) is 0 Å². The first-order valence-electron chi connectivity index (χ1n) is 11.7. The zero-order valence-electron chi connectivity index (χ0n) is 20.7. The standard InChI is InChI=1S/C20H38N8O8/c21-27-25-5-9-33-13-17-35-15-11-31-7-3-23-19(29)1-2-20(30)24-4-8-32-12-16-36-18-14-34-10-6-26-28-22/h1-18H2,(H,23,29)(H,24,30). The van der Waals surface area contributed by atoms with Crippen LogP contribution in [0.25, 0.3) is 20.9 Å². The molecular weight excluding hydrogens is 480 g/mol. The smallest absolute Gasteiger partial charge is 0.220 e. The van der Waals surface area contributed by atoms with Crippen LogP contribution in [0.1, 0.15) is 12.8 Å². The monoisotopic (exact) mass is 518 g/mol. The number of carbonyl (C=O) groups excluding carboxylic acids is 2. The van der Waals surface area contributed by atoms with Gasteiger partial charge in [0.05, 0.1) is 79.3 Å². The zero-order chi connectivity index (χ0) is 26.4. The average molecular weight is 519 g/mol. The molecular formula is C20H38N8O8. The first kappa shape index (κ1) is 33.3. The van der Waals surface area contributed by atoms with Crippen molar-refractivity contribution < 1.29 is 38.0 Å². The van der Waals surface area contributed by atoms with Gasteiger partial charge in [-0.1, -0.05) is 10.2 Å². The van der Waals surface area contributed by atoms with Crippen molar-refractivity contribution in [3.63, 3.8) is 0 Å². The van der Waals surface area contributed by atoms with Crippen LogP contribution in [-0.2, 0) is 38.0 Å². The minimum absolute atomic E-state index is 0.0915. The van der Waals surface area contributed by atoms with Gasteiger partial charge in [-0.2, -0.15) is 0 Å². The highest BCUT2D eigenvalue weighted by atomic mass is 16.5. The lowest BCUT2D eigenvalue weighted by atomic mass is 10.3. The molecule has 0 fully saturated rings. The van der Waals surface area contributed by atoms with Gasteiger partial charge in [-0.3, -0.25) is 9.59 Å². The second-order valence-corrected chi connectivity index (χ2v) is 6.78. The van der Waals surface area contributed by atoms with E-state index in [1.807, 2.05) is 0 Å². The highest BCUT2D eigenvalue weighted by molar-refractivity contribution is 5.83. The van der Waals surface area contributed by atoms with Crippen molar-refractivity contribution >= 4 is 11.8 Å². The van der Waals surface area contributed by atoms with Crippen molar-refractivity contribution in [3.8, 4) is 0 Å². The largest absolute Gasteiger partial charge is 0.379 e. The van der Waals surface area contributed by atoms with Gasteiger partial charge in [0.15, 0.2) is 0 Å². The second kappa shape index (κ2) is 28.6. The number of hydrogen-bond acceptors (Lipinski definition) is 10. The van der Waals surface area contributed by atoms with Gasteiger partial charge in [0.25, 0.3) is 0 Å². The van der Waals surface area contributed by atoms with E-state index in [1.165, 1.54) is 0 Å². The van der Waals surface area contributed by atoms with Crippen LogP contribution in [0, 0.1) is 0 Å². The van der Waals surface area contributed by atoms with E-state index in [0.29, 0.717) is 105 Å². The van der Waals surface area contributed by atoms with Gasteiger partial charge < -0.3 is 39.1 Å². The van der Waals surface area contributed by atoms with Gasteiger partial charge in [0, 0.05) is 48.8 Å². The highest BCUT2D eigenvalue weighted by Gasteiger charge is 2.06. The fourth-order valence-corrected chi connectivity index (χ4v) is 2.31. The fraction of sp³-hybridized carbons (Fsp3) is 0.900. The Morgan fingerprint density at radius 1 is 0.528 bits per heavy atom. The molecule has 0 saturated heterocycles. The maximum absolute atomic E-state index is 11.8. The number of carbonyl (C=O) groups is 2. The lowest BCUT2D eigenvalue weighted by Gasteiger charge is -2.08. The maximum Gasteiger partial charge on any atom is 0.220 e. The predicted molar refractivity (Wildman–Crippen MR) is 128 cm³/mol. The molecule has 16 heteroatoms. The van der Waals surface area contributed by atoms with Crippen LogP contribution in [0.3, 0.4) is 0 Å². The lowest BCUT2D eigenvalue weighted by molar-refractivity contribution is -0.126. The van der Waals surface area contributed by atoms with Crippen molar-refractivity contribution in [2.75, 3.05) is 105 Å². The number of nitrogens with one attached hydrogen (secondary N) is 2. The minimum atomic E-state index is -0.224. The summed E-state index contributed by atoms with van der Waals surface area (Å²) >= 11 is 0. The molecule has 0 aromatic rings. The molecule has 0 aliphatic heterocycles. The van der Waals surface area contributed by atoms with Crippen molar-refractivity contribution in [1.29, 1.82) is 0 Å². The summed E-state index contributed by atoms with van der Waals surface area (Å²) in [5.41, 5.74) is 16.2. The van der Waals surface area contributed by atoms with Crippen LogP contribution in [0.4, 0.5) is 0 Å². The quantitative estimate of drug-likeness (QED) is 0.0682. The molecule has 2 amide bonds. The molecule has 0 spiro atoms. The summed E-state index contributed by atoms with van der Waals surface area (Å²) in [4.78, 5) is 28.8. The normalized spacial score (nSPS) is 10.3. The van der Waals surface area contributed by atoms with Crippen LogP contribution in [0.15, 0.2) is 10.2 Å². The second-order valence-electron chi connectivity index (χ2n) is 6.78. The number of rotatable bonds is 27. The van der Waals surface area contributed by atoms with Crippen molar-refractivity contribution in [3.05, 3.63) is 20.9 Å². The Labute approximate surface area is 210 Å². The predicted octanol–water partition coefficient (Wildman–Crippen LogP) is 0.719. The Morgan fingerprint density at radius 3 is 1.17 bits per heavy atom. The maximum atomic E-state index is 11.8. The molecule has 0 aromatic carbocycles. The van der Waals surface area contributed by atoms with Gasteiger partial charge in [0.1, 0.15) is 0 Å². The molecule has 2 N–H and O–H groups in total. The number of ether oxygens (including phenoxy) is 6. The summed E-state index contributed by atoms with van der Waals surface area (Å²) in [7, 11) is 0. The number of azide groups is 2. The highest BCUT2D eigenvalue weighted by Crippen LogP contribution is 1.90. The van der Waals surface area contributed by atoms with E-state index in [2.05, 4.69) is 30.7 Å². The van der Waals surface area contributed by atoms with Gasteiger partial charge in [-0.05, 0) is 11.1 Å². The Morgan fingerprint density at radius 2 is 0.833 bits per heavy atom. The molecule has 0 aromatic heterocycles. The van der Waals surface area contributed by atoms with E-state index in [0.717, 1.165) is 0 Å². The molecule has 0 saturated carbocycles. The molecule has 0 aliphatic rings. The summed E-state index contributed by atoms with van der Waals surface area (Å²) in [6, 6.07) is 0. The minimum Gasteiger partial charge on any atom is -0.379 e. The molecule has 0 heterocycles. The summed E-state index contributed by atoms with van der Waals surface area (Å²) in [6.07, 6.45) is 0.183. The fourth-order valence-electron chi connectivity index (χ4n) is 2.31. The van der Waals surface area contributed by atoms with E-state index >= 15 is 0 Å². The molecule has 36 heavy (non-hydrogen) atoms. The van der Waals surface area contributed by atoms with E-state index in [-0.39, 0.29) is 24.7 Å². The van der Waals surface area contributed by atoms with Crippen LogP contribution < -0.4 is 10.6 Å². The third-order valence-electron chi connectivity index (χ3n) is 4.00. The zero-order valence-corrected chi connectivity index (χ0v) is 20.7. The van der Waals surface area contributed by atoms with Crippen molar-refractivity contribution in [2.45, 2.75) is 12.8 Å². The van der Waals surface area contributed by atoms with E-state index in [1.54, 1.807) is 0 Å². The lowest BCUT2D eigenvalue weighted by Crippen LogP contribution is -2.31. The van der Waals surface area contributed by atoms with E-state index < -0.39 is 0 Å². The number of hydrogen-bond donors (Lipinski definition) is 2. The molecule has 16 nitrogen and oxygen atoms in total. The van der Waals surface area contributed by atoms with Gasteiger partial charge in [-0.15, -0.1) is 0 Å². The molecule has 0 aliphatic carbocycles. The summed E-state index contributed by atoms with van der Waals surface area (Å²) in [5, 5.41) is 12.1. The van der Waals surface area contributed by atoms with Gasteiger partial charge >= 0.3 is 0 Å². The summed E-state index contributed by atoms with van der Waals surface area (Å²) in [6.45, 7) is 5.92. The van der Waals surface area contributed by atoms with Gasteiger partial charge in [-0.25, -0.2) is 0 Å². The average Bonchev–Trinajstić information content (AvgIpc) is 2.88. The molecule has 0 bridgehead atoms. The molecule has 0 rings (SSSR count). The Hall–Kier alpha value is -2.68. The van der Waals surface area contributed by atoms with E-state index in [9.17, 15) is 9.59 Å². The summed E-state index contributed by atoms with van der Waals surface area (Å²) in [5.74, 6) is -0.448. The van der Waals surface area contributed by atoms with Crippen LogP contribution in [-0.4, -0.2) is 117 Å². The van der Waals surface area contributed by atoms with Gasteiger partial charge in [0.2, 0.25) is 11.8 Å². The third-order valence-corrected chi connectivity index (χ3v) is 4.00. The number of nitrogens with zero attached hydrogens (tertiary/aromatic N) is 6. The first-order valence-corrected chi connectivity index (χ1v) is 11.7. The molecule has 206 valence electrons. The SMILES string of the molecule is [N-]=[N+]=NCCOCCOCCOCCNC(=O)CCC(=O)NCCOCCOCCOCCN=[N+]=[N-]. The Kier molecular flexibility index (Phi) is 26.4. The first-order chi connectivity index (χ1) is 17.7. The van der Waals surface area contributed by atoms with Crippen LogP contribution >= 0.6 is 0 Å². The molecule has 0 atom stereocenters. The van der Waals surface area contributed by atoms with Crippen molar-refractivity contribution in [2.24, 2.45) is 10.2 Å². The van der Waals surface area contributed by atoms with Crippen molar-refractivity contribution in [1.82, 2.24) is 10.6 Å². The topological polar surface area (TPSA) is 211 Å². The van der Waals surface area contributed by atoms with Crippen LogP contribution in [0.2, 0.25) is 0 Å². The molecule has 0 radical (unpaired) electrons. The summed E-state index contributed by atoms with van der Waals surface area (Å²) < 4.78 is 31.7. The Bertz CT molecular complexity index is 591.